The van der Waals surface area contributed by atoms with Gasteiger partial charge >= 0.3 is 51.4 Å². The molecular formula is C11H7Cl2KN3OS+. The van der Waals surface area contributed by atoms with Gasteiger partial charge in [-0.3, -0.25) is 4.79 Å². The summed E-state index contributed by atoms with van der Waals surface area (Å²) in [5.41, 5.74) is 0.688. The van der Waals surface area contributed by atoms with Crippen LogP contribution in [0.4, 0.5) is 0 Å². The summed E-state index contributed by atoms with van der Waals surface area (Å²) >= 11 is 16.7. The molecule has 0 spiro atoms. The number of amides is 1. The summed E-state index contributed by atoms with van der Waals surface area (Å²) in [7, 11) is 0. The molecule has 8 heteroatoms. The van der Waals surface area contributed by atoms with E-state index in [4.69, 9.17) is 40.7 Å². The third-order valence-electron chi connectivity index (χ3n) is 2.58. The van der Waals surface area contributed by atoms with Crippen molar-refractivity contribution >= 4 is 46.4 Å². The Balaban J connectivity index is 0.00000180. The molecule has 0 bridgehead atoms. The Hall–Kier alpha value is 0.286. The van der Waals surface area contributed by atoms with Crippen LogP contribution in [-0.2, 0) is 4.79 Å². The van der Waals surface area contributed by atoms with Crippen molar-refractivity contribution in [2.24, 2.45) is 5.92 Å². The van der Waals surface area contributed by atoms with Gasteiger partial charge in [0.2, 0.25) is 5.91 Å². The van der Waals surface area contributed by atoms with Crippen LogP contribution in [0.5, 0.6) is 0 Å². The number of hydrogen-bond donors (Lipinski definition) is 2. The van der Waals surface area contributed by atoms with E-state index in [0.29, 0.717) is 15.6 Å². The van der Waals surface area contributed by atoms with Gasteiger partial charge in [0.25, 0.3) is 0 Å². The fourth-order valence-electron chi connectivity index (χ4n) is 1.72. The number of hydrogen-bond acceptors (Lipinski definition) is 3. The number of carbonyl (C=O) groups is 1. The third-order valence-corrected chi connectivity index (χ3v) is 3.54. The molecule has 0 saturated carbocycles. The number of halogens is 2. The van der Waals surface area contributed by atoms with Gasteiger partial charge in [-0.15, -0.1) is 0 Å². The Kier molecular flexibility index (Phi) is 6.70. The summed E-state index contributed by atoms with van der Waals surface area (Å²) in [6, 6.07) is 6.36. The second kappa shape index (κ2) is 7.34. The first-order valence-corrected chi connectivity index (χ1v) is 6.15. The Bertz CT molecular complexity index is 576. The van der Waals surface area contributed by atoms with Crippen molar-refractivity contribution in [1.29, 1.82) is 5.26 Å². The summed E-state index contributed by atoms with van der Waals surface area (Å²) in [6.07, 6.45) is 0. The van der Waals surface area contributed by atoms with Gasteiger partial charge in [0.1, 0.15) is 5.92 Å². The van der Waals surface area contributed by atoms with Gasteiger partial charge in [0, 0.05) is 0 Å². The van der Waals surface area contributed by atoms with Gasteiger partial charge in [-0.25, -0.2) is 0 Å². The number of benzene rings is 1. The predicted molar refractivity (Wildman–Crippen MR) is 72.2 cm³/mol. The topological polar surface area (TPSA) is 64.9 Å². The molecule has 1 aromatic rings. The van der Waals surface area contributed by atoms with Crippen molar-refractivity contribution in [3.05, 3.63) is 33.8 Å². The Morgan fingerprint density at radius 1 is 1.32 bits per heavy atom. The number of nitrogens with zero attached hydrogens (tertiary/aromatic N) is 1. The molecule has 2 unspecified atom stereocenters. The smallest absolute Gasteiger partial charge is 0.354 e. The van der Waals surface area contributed by atoms with Crippen molar-refractivity contribution in [3.63, 3.8) is 0 Å². The minimum Gasteiger partial charge on any atom is -0.354 e. The fourth-order valence-corrected chi connectivity index (χ4v) is 2.25. The first-order valence-electron chi connectivity index (χ1n) is 4.99. The monoisotopic (exact) mass is 338 g/mol. The number of carbonyl (C=O) groups excluding carboxylic acids is 1. The molecule has 1 aromatic carbocycles. The van der Waals surface area contributed by atoms with Crippen LogP contribution < -0.4 is 62.0 Å². The van der Waals surface area contributed by atoms with Gasteiger partial charge in [0.15, 0.2) is 5.11 Å². The molecule has 1 aliphatic rings. The average molecular weight is 339 g/mol. The number of nitriles is 1. The van der Waals surface area contributed by atoms with E-state index in [0.717, 1.165) is 0 Å². The van der Waals surface area contributed by atoms with Gasteiger partial charge in [-0.2, -0.15) is 5.26 Å². The van der Waals surface area contributed by atoms with E-state index in [1.807, 2.05) is 6.07 Å². The zero-order valence-corrected chi connectivity index (χ0v) is 15.4. The summed E-state index contributed by atoms with van der Waals surface area (Å²) in [5, 5.41) is 15.3. The minimum atomic E-state index is -0.867. The quantitative estimate of drug-likeness (QED) is 0.519. The maximum atomic E-state index is 11.7. The molecule has 0 aromatic heterocycles. The van der Waals surface area contributed by atoms with E-state index in [1.165, 1.54) is 0 Å². The van der Waals surface area contributed by atoms with Crippen LogP contribution in [0.3, 0.4) is 0 Å². The standard InChI is InChI=1S/C11H7Cl2N3OS.K/c12-7-2-1-5(3-8(7)13)9-6(4-14)10(17)16-11(18)15-9;/h1-3,6,9H,(H2,15,16,17,18);/q;+1. The molecule has 4 nitrogen and oxygen atoms in total. The molecule has 1 aliphatic heterocycles. The number of thiocarbonyl (C=S) groups is 1. The van der Waals surface area contributed by atoms with Crippen LogP contribution in [0.15, 0.2) is 18.2 Å². The zero-order valence-electron chi connectivity index (χ0n) is 9.91. The summed E-state index contributed by atoms with van der Waals surface area (Å²) in [4.78, 5) is 11.7. The summed E-state index contributed by atoms with van der Waals surface area (Å²) in [5.74, 6) is -1.29. The molecule has 2 atom stereocenters. The predicted octanol–water partition coefficient (Wildman–Crippen LogP) is -0.817. The van der Waals surface area contributed by atoms with Crippen molar-refractivity contribution in [1.82, 2.24) is 10.6 Å². The number of rotatable bonds is 1. The first-order chi connectivity index (χ1) is 8.52. The van der Waals surface area contributed by atoms with E-state index in [9.17, 15) is 4.79 Å². The SMILES string of the molecule is N#CC1C(=O)NC(=S)NC1c1ccc(Cl)c(Cl)c1.[K+]. The molecule has 0 radical (unpaired) electrons. The van der Waals surface area contributed by atoms with Crippen molar-refractivity contribution < 1.29 is 56.2 Å². The van der Waals surface area contributed by atoms with Gasteiger partial charge in [-0.05, 0) is 29.9 Å². The van der Waals surface area contributed by atoms with Crippen LogP contribution in [-0.4, -0.2) is 11.0 Å². The maximum absolute atomic E-state index is 11.7. The van der Waals surface area contributed by atoms with Crippen LogP contribution in [0.25, 0.3) is 0 Å². The fraction of sp³-hybridized carbons (Fsp3) is 0.182. The zero-order chi connectivity index (χ0) is 13.3. The maximum Gasteiger partial charge on any atom is 1.00 e. The molecule has 0 aliphatic carbocycles. The van der Waals surface area contributed by atoms with Crippen LogP contribution in [0, 0.1) is 17.2 Å². The summed E-state index contributed by atoms with van der Waals surface area (Å²) in [6.45, 7) is 0. The van der Waals surface area contributed by atoms with Gasteiger partial charge in [0.05, 0.1) is 22.2 Å². The molecule has 1 heterocycles. The van der Waals surface area contributed by atoms with Crippen molar-refractivity contribution in [2.45, 2.75) is 6.04 Å². The van der Waals surface area contributed by atoms with Crippen LogP contribution >= 0.6 is 35.4 Å². The second-order valence-electron chi connectivity index (χ2n) is 3.72. The molecule has 1 fully saturated rings. The van der Waals surface area contributed by atoms with E-state index >= 15 is 0 Å². The summed E-state index contributed by atoms with van der Waals surface area (Å²) < 4.78 is 0. The van der Waals surface area contributed by atoms with E-state index in [-0.39, 0.29) is 56.5 Å². The van der Waals surface area contributed by atoms with E-state index < -0.39 is 17.9 Å². The van der Waals surface area contributed by atoms with Gasteiger partial charge < -0.3 is 10.6 Å². The second-order valence-corrected chi connectivity index (χ2v) is 4.94. The average Bonchev–Trinajstić information content (AvgIpc) is 2.32. The molecule has 2 N–H and O–H groups in total. The number of nitrogens with one attached hydrogen (secondary N) is 2. The molecule has 19 heavy (non-hydrogen) atoms. The normalized spacial score (nSPS) is 21.7. The van der Waals surface area contributed by atoms with Crippen molar-refractivity contribution in [2.75, 3.05) is 0 Å². The molecule has 92 valence electrons. The first kappa shape index (κ1) is 17.3. The molecule has 2 rings (SSSR count). The van der Waals surface area contributed by atoms with E-state index in [2.05, 4.69) is 10.6 Å². The van der Waals surface area contributed by atoms with E-state index in [1.54, 1.807) is 18.2 Å². The Morgan fingerprint density at radius 3 is 2.58 bits per heavy atom. The largest absolute Gasteiger partial charge is 1.00 e. The van der Waals surface area contributed by atoms with Gasteiger partial charge in [-0.1, -0.05) is 29.3 Å². The van der Waals surface area contributed by atoms with Crippen LogP contribution in [0.2, 0.25) is 10.0 Å². The molecular weight excluding hydrogens is 332 g/mol. The molecule has 1 saturated heterocycles. The Morgan fingerprint density at radius 2 is 2.00 bits per heavy atom. The Labute approximate surface area is 168 Å². The molecule has 1 amide bonds. The van der Waals surface area contributed by atoms with Crippen molar-refractivity contribution in [3.8, 4) is 6.07 Å². The van der Waals surface area contributed by atoms with Crippen LogP contribution in [0.1, 0.15) is 11.6 Å². The minimum absolute atomic E-state index is 0. The third kappa shape index (κ3) is 3.90.